The molecule has 0 aromatic rings. The molecule has 0 aromatic heterocycles. The van der Waals surface area contributed by atoms with E-state index in [0.29, 0.717) is 0 Å². The first-order valence-electron chi connectivity index (χ1n) is 7.01. The van der Waals surface area contributed by atoms with Gasteiger partial charge in [0.05, 0.1) is 6.04 Å². The molecule has 2 heterocycles. The number of hydrogen-bond acceptors (Lipinski definition) is 3. The highest BCUT2D eigenvalue weighted by atomic mass is 35.5. The van der Waals surface area contributed by atoms with Crippen molar-refractivity contribution in [3.63, 3.8) is 0 Å². The van der Waals surface area contributed by atoms with E-state index in [9.17, 15) is 4.79 Å². The summed E-state index contributed by atoms with van der Waals surface area (Å²) in [4.78, 5) is 13.7. The van der Waals surface area contributed by atoms with E-state index in [1.54, 1.807) is 0 Å². The summed E-state index contributed by atoms with van der Waals surface area (Å²) in [5, 5.41) is 3.39. The van der Waals surface area contributed by atoms with Gasteiger partial charge >= 0.3 is 0 Å². The van der Waals surface area contributed by atoms with Gasteiger partial charge < -0.3 is 11.1 Å². The third-order valence-corrected chi connectivity index (χ3v) is 4.23. The summed E-state index contributed by atoms with van der Waals surface area (Å²) >= 11 is 0. The zero-order chi connectivity index (χ0) is 12.1. The monoisotopic (exact) mass is 275 g/mol. The number of rotatable bonds is 4. The molecule has 18 heavy (non-hydrogen) atoms. The molecule has 1 unspecified atom stereocenters. The number of amides is 1. The Balaban J connectivity index is 0.00000162. The molecule has 0 saturated carbocycles. The molecule has 0 bridgehead atoms. The molecule has 4 nitrogen and oxygen atoms in total. The van der Waals surface area contributed by atoms with Crippen molar-refractivity contribution in [2.45, 2.75) is 44.6 Å². The van der Waals surface area contributed by atoms with Gasteiger partial charge in [0.25, 0.3) is 0 Å². The summed E-state index contributed by atoms with van der Waals surface area (Å²) in [7, 11) is 0. The molecule has 2 saturated heterocycles. The van der Waals surface area contributed by atoms with Crippen molar-refractivity contribution in [2.24, 2.45) is 11.7 Å². The first kappa shape index (κ1) is 15.7. The number of hydrogen-bond donors (Lipinski definition) is 2. The number of nitrogens with one attached hydrogen (secondary N) is 1. The Hall–Kier alpha value is -0.320. The average molecular weight is 276 g/mol. The van der Waals surface area contributed by atoms with Crippen molar-refractivity contribution in [3.8, 4) is 0 Å². The van der Waals surface area contributed by atoms with Gasteiger partial charge in [-0.3, -0.25) is 9.69 Å². The van der Waals surface area contributed by atoms with E-state index in [4.69, 9.17) is 5.73 Å². The fraction of sp³-hybridized carbons (Fsp3) is 0.923. The molecule has 2 aliphatic heterocycles. The van der Waals surface area contributed by atoms with Crippen LogP contribution in [-0.2, 0) is 4.79 Å². The summed E-state index contributed by atoms with van der Waals surface area (Å²) in [5.41, 5.74) is 5.48. The molecule has 0 radical (unpaired) electrons. The summed E-state index contributed by atoms with van der Waals surface area (Å²) in [6.45, 7) is 4.42. The molecule has 1 amide bonds. The van der Waals surface area contributed by atoms with E-state index in [0.717, 1.165) is 44.9 Å². The third kappa shape index (κ3) is 4.41. The Labute approximate surface area is 116 Å². The van der Waals surface area contributed by atoms with Crippen molar-refractivity contribution in [3.05, 3.63) is 0 Å². The summed E-state index contributed by atoms with van der Waals surface area (Å²) < 4.78 is 0. The van der Waals surface area contributed by atoms with Crippen LogP contribution < -0.4 is 11.1 Å². The molecule has 5 heteroatoms. The normalized spacial score (nSPS) is 26.6. The largest absolute Gasteiger partial charge is 0.368 e. The lowest BCUT2D eigenvalue weighted by Gasteiger charge is -2.35. The standard InChI is InChI=1S/C13H25N3O.ClH/c14-13(17)12-3-1-2-9-16(12)10-6-11-4-7-15-8-5-11;/h11-12,15H,1-10H2,(H2,14,17);1H. The number of piperidine rings is 2. The maximum atomic E-state index is 11.4. The van der Waals surface area contributed by atoms with Crippen LogP contribution in [0.15, 0.2) is 0 Å². The first-order valence-corrected chi connectivity index (χ1v) is 7.01. The van der Waals surface area contributed by atoms with E-state index in [1.807, 2.05) is 0 Å². The number of likely N-dealkylation sites (tertiary alicyclic amines) is 1. The van der Waals surface area contributed by atoms with E-state index in [1.165, 1.54) is 25.7 Å². The molecular formula is C13H26ClN3O. The van der Waals surface area contributed by atoms with Crippen molar-refractivity contribution >= 4 is 18.3 Å². The second kappa shape index (κ2) is 7.97. The maximum absolute atomic E-state index is 11.4. The van der Waals surface area contributed by atoms with Crippen molar-refractivity contribution in [1.29, 1.82) is 0 Å². The molecule has 0 spiro atoms. The fourth-order valence-corrected chi connectivity index (χ4v) is 3.10. The van der Waals surface area contributed by atoms with Crippen LogP contribution in [0.25, 0.3) is 0 Å². The summed E-state index contributed by atoms with van der Waals surface area (Å²) in [6, 6.07) is 0.00506. The van der Waals surface area contributed by atoms with Gasteiger partial charge in [0.15, 0.2) is 0 Å². The van der Waals surface area contributed by atoms with Gasteiger partial charge in [-0.05, 0) is 64.2 Å². The van der Waals surface area contributed by atoms with Gasteiger partial charge in [-0.15, -0.1) is 12.4 Å². The lowest BCUT2D eigenvalue weighted by atomic mass is 9.93. The van der Waals surface area contributed by atoms with Gasteiger partial charge in [0.2, 0.25) is 5.91 Å². The van der Waals surface area contributed by atoms with Crippen LogP contribution in [0.5, 0.6) is 0 Å². The van der Waals surface area contributed by atoms with Crippen LogP contribution in [0.4, 0.5) is 0 Å². The molecule has 2 aliphatic rings. The number of nitrogens with zero attached hydrogens (tertiary/aromatic N) is 1. The molecular weight excluding hydrogens is 250 g/mol. The van der Waals surface area contributed by atoms with Crippen molar-refractivity contribution < 1.29 is 4.79 Å². The highest BCUT2D eigenvalue weighted by molar-refractivity contribution is 5.85. The van der Waals surface area contributed by atoms with Crippen LogP contribution in [0.2, 0.25) is 0 Å². The van der Waals surface area contributed by atoms with E-state index < -0.39 is 0 Å². The highest BCUT2D eigenvalue weighted by Crippen LogP contribution is 2.21. The summed E-state index contributed by atoms with van der Waals surface area (Å²) in [6.07, 6.45) is 7.13. The molecule has 1 atom stereocenters. The topological polar surface area (TPSA) is 58.4 Å². The van der Waals surface area contributed by atoms with Crippen LogP contribution in [-0.4, -0.2) is 43.0 Å². The van der Waals surface area contributed by atoms with Crippen molar-refractivity contribution in [1.82, 2.24) is 10.2 Å². The van der Waals surface area contributed by atoms with Gasteiger partial charge in [-0.25, -0.2) is 0 Å². The molecule has 2 fully saturated rings. The molecule has 0 aliphatic carbocycles. The smallest absolute Gasteiger partial charge is 0.234 e. The lowest BCUT2D eigenvalue weighted by Crippen LogP contribution is -2.48. The van der Waals surface area contributed by atoms with E-state index in [-0.39, 0.29) is 24.4 Å². The zero-order valence-corrected chi connectivity index (χ0v) is 11.9. The van der Waals surface area contributed by atoms with E-state index in [2.05, 4.69) is 10.2 Å². The number of halogens is 1. The van der Waals surface area contributed by atoms with Crippen molar-refractivity contribution in [2.75, 3.05) is 26.2 Å². The lowest BCUT2D eigenvalue weighted by molar-refractivity contribution is -0.124. The minimum absolute atomic E-state index is 0. The van der Waals surface area contributed by atoms with E-state index >= 15 is 0 Å². The predicted octanol–water partition coefficient (Wildman–Crippen LogP) is 1.14. The Kier molecular flexibility index (Phi) is 6.97. The molecule has 0 aromatic carbocycles. The predicted molar refractivity (Wildman–Crippen MR) is 75.9 cm³/mol. The van der Waals surface area contributed by atoms with Crippen LogP contribution in [0, 0.1) is 5.92 Å². The fourth-order valence-electron chi connectivity index (χ4n) is 3.10. The average Bonchev–Trinajstić information content (AvgIpc) is 2.38. The molecule has 3 N–H and O–H groups in total. The maximum Gasteiger partial charge on any atom is 0.234 e. The first-order chi connectivity index (χ1) is 8.27. The Morgan fingerprint density at radius 3 is 2.61 bits per heavy atom. The van der Waals surface area contributed by atoms with Gasteiger partial charge in [-0.2, -0.15) is 0 Å². The van der Waals surface area contributed by atoms with Crippen LogP contribution in [0.3, 0.4) is 0 Å². The second-order valence-corrected chi connectivity index (χ2v) is 5.43. The minimum Gasteiger partial charge on any atom is -0.368 e. The second-order valence-electron chi connectivity index (χ2n) is 5.43. The SMILES string of the molecule is Cl.NC(=O)C1CCCCN1CCC1CCNCC1. The number of carbonyl (C=O) groups is 1. The number of carbonyl (C=O) groups excluding carboxylic acids is 1. The third-order valence-electron chi connectivity index (χ3n) is 4.23. The number of primary amides is 1. The quantitative estimate of drug-likeness (QED) is 0.809. The molecule has 106 valence electrons. The van der Waals surface area contributed by atoms with Crippen LogP contribution in [0.1, 0.15) is 38.5 Å². The minimum atomic E-state index is -0.130. The summed E-state index contributed by atoms with van der Waals surface area (Å²) in [5.74, 6) is 0.710. The highest BCUT2D eigenvalue weighted by Gasteiger charge is 2.27. The Bertz CT molecular complexity index is 257. The van der Waals surface area contributed by atoms with Gasteiger partial charge in [-0.1, -0.05) is 6.42 Å². The van der Waals surface area contributed by atoms with Gasteiger partial charge in [0.1, 0.15) is 0 Å². The molecule has 2 rings (SSSR count). The zero-order valence-electron chi connectivity index (χ0n) is 11.1. The van der Waals surface area contributed by atoms with Crippen LogP contribution >= 0.6 is 12.4 Å². The Morgan fingerprint density at radius 2 is 1.94 bits per heavy atom. The van der Waals surface area contributed by atoms with Gasteiger partial charge in [0, 0.05) is 0 Å². The number of nitrogens with two attached hydrogens (primary N) is 1. The Morgan fingerprint density at radius 1 is 1.22 bits per heavy atom.